The van der Waals surface area contributed by atoms with E-state index in [1.165, 1.54) is 24.1 Å². The maximum absolute atomic E-state index is 4.11. The molecule has 1 nitrogen and oxygen atoms in total. The molecule has 1 radical (unpaired) electrons. The Bertz CT molecular complexity index is 268. The predicted molar refractivity (Wildman–Crippen MR) is 63.4 cm³/mol. The normalized spacial score (nSPS) is 12.5. The van der Waals surface area contributed by atoms with Gasteiger partial charge in [0, 0.05) is 12.7 Å². The number of hydrogen-bond acceptors (Lipinski definition) is 1. The molecule has 0 heterocycles. The molecule has 0 aliphatic rings. The van der Waals surface area contributed by atoms with Crippen LogP contribution in [0.25, 0.3) is 0 Å². The first-order valence-corrected chi connectivity index (χ1v) is 5.36. The molecule has 1 aromatic carbocycles. The largest absolute Gasteiger partial charge is 0.388 e. The highest BCUT2D eigenvalue weighted by atomic mass is 14.8. The third kappa shape index (κ3) is 3.06. The molecule has 0 aromatic heterocycles. The highest BCUT2D eigenvalue weighted by Crippen LogP contribution is 2.18. The van der Waals surface area contributed by atoms with Crippen molar-refractivity contribution in [2.75, 3.05) is 12.4 Å². The van der Waals surface area contributed by atoms with Crippen LogP contribution in [-0.2, 0) is 6.42 Å². The number of anilines is 1. The summed E-state index contributed by atoms with van der Waals surface area (Å²) in [6, 6.07) is 8.48. The second-order valence-corrected chi connectivity index (χ2v) is 3.72. The van der Waals surface area contributed by atoms with Crippen LogP contribution in [0.4, 0.5) is 5.69 Å². The van der Waals surface area contributed by atoms with Gasteiger partial charge in [-0.2, -0.15) is 0 Å². The summed E-state index contributed by atoms with van der Waals surface area (Å²) in [5, 5.41) is 3.22. The zero-order valence-corrected chi connectivity index (χ0v) is 9.22. The molecule has 1 rings (SSSR count). The van der Waals surface area contributed by atoms with Gasteiger partial charge in [-0.25, -0.2) is 0 Å². The average molecular weight is 190 g/mol. The lowest BCUT2D eigenvalue weighted by Gasteiger charge is -2.11. The molecule has 0 aliphatic heterocycles. The van der Waals surface area contributed by atoms with Crippen LogP contribution in [-0.4, -0.2) is 7.05 Å². The molecule has 77 valence electrons. The number of aryl methyl sites for hydroxylation is 1. The minimum Gasteiger partial charge on any atom is -0.388 e. The Morgan fingerprint density at radius 1 is 1.36 bits per heavy atom. The van der Waals surface area contributed by atoms with Crippen LogP contribution >= 0.6 is 0 Å². The fourth-order valence-corrected chi connectivity index (χ4v) is 1.55. The van der Waals surface area contributed by atoms with Gasteiger partial charge in [-0.3, -0.25) is 0 Å². The smallest absolute Gasteiger partial charge is 0.0370 e. The van der Waals surface area contributed by atoms with Crippen LogP contribution in [0.1, 0.15) is 25.3 Å². The van der Waals surface area contributed by atoms with Crippen molar-refractivity contribution in [3.05, 3.63) is 36.8 Å². The molecule has 0 spiro atoms. The van der Waals surface area contributed by atoms with Gasteiger partial charge in [0.15, 0.2) is 0 Å². The molecule has 0 aliphatic carbocycles. The molecule has 1 heteroatoms. The van der Waals surface area contributed by atoms with Crippen LogP contribution < -0.4 is 5.32 Å². The third-order valence-corrected chi connectivity index (χ3v) is 2.69. The van der Waals surface area contributed by atoms with E-state index in [4.69, 9.17) is 0 Å². The van der Waals surface area contributed by atoms with Gasteiger partial charge in [0.25, 0.3) is 0 Å². The number of hydrogen-bond donors (Lipinski definition) is 1. The van der Waals surface area contributed by atoms with Crippen molar-refractivity contribution in [1.82, 2.24) is 0 Å². The highest BCUT2D eigenvalue weighted by molar-refractivity contribution is 5.50. The Kier molecular flexibility index (Phi) is 4.51. The average Bonchev–Trinajstić information content (AvgIpc) is 2.26. The van der Waals surface area contributed by atoms with Gasteiger partial charge in [0.1, 0.15) is 0 Å². The SMILES string of the molecule is [CH2]C(CC)CCc1ccccc1NC. The molecule has 14 heavy (non-hydrogen) atoms. The van der Waals surface area contributed by atoms with Gasteiger partial charge < -0.3 is 5.32 Å². The van der Waals surface area contributed by atoms with E-state index < -0.39 is 0 Å². The lowest BCUT2D eigenvalue weighted by Crippen LogP contribution is -1.99. The third-order valence-electron chi connectivity index (χ3n) is 2.69. The number of para-hydroxylation sites is 1. The first-order chi connectivity index (χ1) is 6.77. The Labute approximate surface area is 87.5 Å². The van der Waals surface area contributed by atoms with Crippen molar-refractivity contribution in [2.24, 2.45) is 5.92 Å². The second kappa shape index (κ2) is 5.69. The number of benzene rings is 1. The van der Waals surface area contributed by atoms with E-state index in [1.54, 1.807) is 0 Å². The van der Waals surface area contributed by atoms with Crippen LogP contribution in [0, 0.1) is 12.8 Å². The fraction of sp³-hybridized carbons (Fsp3) is 0.462. The summed E-state index contributed by atoms with van der Waals surface area (Å²) in [6.45, 7) is 6.30. The minimum atomic E-state index is 0.583. The maximum atomic E-state index is 4.11. The van der Waals surface area contributed by atoms with E-state index in [0.29, 0.717) is 5.92 Å². The Morgan fingerprint density at radius 3 is 2.71 bits per heavy atom. The number of nitrogens with one attached hydrogen (secondary N) is 1. The topological polar surface area (TPSA) is 12.0 Å². The van der Waals surface area contributed by atoms with E-state index in [9.17, 15) is 0 Å². The summed E-state index contributed by atoms with van der Waals surface area (Å²) in [4.78, 5) is 0. The molecule has 0 saturated heterocycles. The Hall–Kier alpha value is -0.980. The summed E-state index contributed by atoms with van der Waals surface area (Å²) in [5.41, 5.74) is 2.65. The van der Waals surface area contributed by atoms with Gasteiger partial charge in [-0.05, 0) is 30.4 Å². The van der Waals surface area contributed by atoms with Gasteiger partial charge in [-0.1, -0.05) is 38.5 Å². The molecule has 0 amide bonds. The highest BCUT2D eigenvalue weighted by Gasteiger charge is 2.02. The lowest BCUT2D eigenvalue weighted by atomic mass is 9.98. The predicted octanol–water partition coefficient (Wildman–Crippen LogP) is 3.52. The van der Waals surface area contributed by atoms with Crippen molar-refractivity contribution in [2.45, 2.75) is 26.2 Å². The van der Waals surface area contributed by atoms with Gasteiger partial charge in [0.05, 0.1) is 0 Å². The van der Waals surface area contributed by atoms with Crippen LogP contribution in [0.15, 0.2) is 24.3 Å². The summed E-state index contributed by atoms with van der Waals surface area (Å²) >= 11 is 0. The van der Waals surface area contributed by atoms with E-state index in [2.05, 4.69) is 43.4 Å². The molecular formula is C13H20N. The molecule has 0 saturated carbocycles. The molecular weight excluding hydrogens is 170 g/mol. The summed E-state index contributed by atoms with van der Waals surface area (Å²) in [7, 11) is 1.97. The van der Waals surface area contributed by atoms with Crippen molar-refractivity contribution >= 4 is 5.69 Å². The van der Waals surface area contributed by atoms with Crippen molar-refractivity contribution in [3.8, 4) is 0 Å². The first-order valence-electron chi connectivity index (χ1n) is 5.36. The van der Waals surface area contributed by atoms with Crippen LogP contribution in [0.2, 0.25) is 0 Å². The molecule has 0 bridgehead atoms. The van der Waals surface area contributed by atoms with E-state index in [1.807, 2.05) is 7.05 Å². The molecule has 1 atom stereocenters. The molecule has 0 fully saturated rings. The maximum Gasteiger partial charge on any atom is 0.0370 e. The first kappa shape index (κ1) is 11.1. The lowest BCUT2D eigenvalue weighted by molar-refractivity contribution is 0.569. The van der Waals surface area contributed by atoms with E-state index in [0.717, 1.165) is 6.42 Å². The number of rotatable bonds is 5. The molecule has 1 N–H and O–H groups in total. The molecule has 1 unspecified atom stereocenters. The Morgan fingerprint density at radius 2 is 2.07 bits per heavy atom. The zero-order chi connectivity index (χ0) is 10.4. The van der Waals surface area contributed by atoms with Crippen LogP contribution in [0.5, 0.6) is 0 Å². The molecule has 1 aromatic rings. The summed E-state index contributed by atoms with van der Waals surface area (Å²) in [6.07, 6.45) is 3.47. The summed E-state index contributed by atoms with van der Waals surface area (Å²) in [5.74, 6) is 0.583. The van der Waals surface area contributed by atoms with Gasteiger partial charge >= 0.3 is 0 Å². The van der Waals surface area contributed by atoms with Gasteiger partial charge in [0.2, 0.25) is 0 Å². The van der Waals surface area contributed by atoms with Crippen molar-refractivity contribution in [3.63, 3.8) is 0 Å². The summed E-state index contributed by atoms with van der Waals surface area (Å²) < 4.78 is 0. The second-order valence-electron chi connectivity index (χ2n) is 3.72. The minimum absolute atomic E-state index is 0.583. The quantitative estimate of drug-likeness (QED) is 0.749. The Balaban J connectivity index is 2.57. The van der Waals surface area contributed by atoms with Crippen molar-refractivity contribution in [1.29, 1.82) is 0 Å². The fourth-order valence-electron chi connectivity index (χ4n) is 1.55. The standard InChI is InChI=1S/C13H20N/c1-4-11(2)9-10-12-7-5-6-8-13(12)14-3/h5-8,11,14H,2,4,9-10H2,1,3H3. The van der Waals surface area contributed by atoms with Gasteiger partial charge in [-0.15, -0.1) is 0 Å². The zero-order valence-electron chi connectivity index (χ0n) is 9.22. The van der Waals surface area contributed by atoms with Crippen molar-refractivity contribution < 1.29 is 0 Å². The van der Waals surface area contributed by atoms with Crippen LogP contribution in [0.3, 0.4) is 0 Å². The van der Waals surface area contributed by atoms with E-state index >= 15 is 0 Å². The van der Waals surface area contributed by atoms with E-state index in [-0.39, 0.29) is 0 Å². The monoisotopic (exact) mass is 190 g/mol.